The van der Waals surface area contributed by atoms with Crippen LogP contribution in [0.5, 0.6) is 0 Å². The van der Waals surface area contributed by atoms with Crippen LogP contribution in [-0.4, -0.2) is 25.7 Å². The van der Waals surface area contributed by atoms with E-state index < -0.39 is 0 Å². The van der Waals surface area contributed by atoms with Crippen LogP contribution in [-0.2, 0) is 9.53 Å². The Morgan fingerprint density at radius 1 is 1.25 bits per heavy atom. The molecule has 4 nitrogen and oxygen atoms in total. The molecule has 2 rings (SSSR count). The summed E-state index contributed by atoms with van der Waals surface area (Å²) in [5, 5.41) is 6.37. The summed E-state index contributed by atoms with van der Waals surface area (Å²) in [7, 11) is 1.51. The third-order valence-corrected chi connectivity index (χ3v) is 3.75. The number of methoxy groups -OCH3 is 1. The third kappa shape index (κ3) is 4.53. The highest BCUT2D eigenvalue weighted by Crippen LogP contribution is 2.26. The van der Waals surface area contributed by atoms with E-state index in [-0.39, 0.29) is 12.5 Å². The fourth-order valence-electron chi connectivity index (χ4n) is 2.78. The smallest absolute Gasteiger partial charge is 0.250 e. The largest absolute Gasteiger partial charge is 0.382 e. The van der Waals surface area contributed by atoms with Crippen molar-refractivity contribution in [2.24, 2.45) is 5.92 Å². The highest BCUT2D eigenvalue weighted by atomic mass is 16.5. The van der Waals surface area contributed by atoms with Crippen molar-refractivity contribution in [3.8, 4) is 0 Å². The molecule has 0 aliphatic heterocycles. The summed E-state index contributed by atoms with van der Waals surface area (Å²) < 4.78 is 4.79. The van der Waals surface area contributed by atoms with Gasteiger partial charge in [-0.15, -0.1) is 0 Å². The Labute approximate surface area is 120 Å². The van der Waals surface area contributed by atoms with E-state index in [1.165, 1.54) is 32.8 Å². The first-order valence-corrected chi connectivity index (χ1v) is 7.32. The van der Waals surface area contributed by atoms with Crippen LogP contribution in [0.3, 0.4) is 0 Å². The summed E-state index contributed by atoms with van der Waals surface area (Å²) in [4.78, 5) is 11.4. The number of rotatable bonds is 5. The van der Waals surface area contributed by atoms with Gasteiger partial charge in [-0.1, -0.05) is 19.8 Å². The van der Waals surface area contributed by atoms with E-state index in [0.717, 1.165) is 17.3 Å². The Hall–Kier alpha value is -1.55. The van der Waals surface area contributed by atoms with Crippen LogP contribution in [0.15, 0.2) is 24.3 Å². The first-order valence-electron chi connectivity index (χ1n) is 7.32. The minimum atomic E-state index is -0.130. The van der Waals surface area contributed by atoms with Gasteiger partial charge in [0.05, 0.1) is 0 Å². The summed E-state index contributed by atoms with van der Waals surface area (Å²) in [5.41, 5.74) is 1.92. The molecule has 0 aromatic heterocycles. The number of benzene rings is 1. The maximum Gasteiger partial charge on any atom is 0.250 e. The van der Waals surface area contributed by atoms with Gasteiger partial charge in [-0.05, 0) is 43.0 Å². The van der Waals surface area contributed by atoms with Gasteiger partial charge in [-0.2, -0.15) is 0 Å². The van der Waals surface area contributed by atoms with Crippen LogP contribution >= 0.6 is 0 Å². The molecule has 110 valence electrons. The quantitative estimate of drug-likeness (QED) is 0.868. The van der Waals surface area contributed by atoms with E-state index in [9.17, 15) is 4.79 Å². The average Bonchev–Trinajstić information content (AvgIpc) is 2.41. The maximum atomic E-state index is 11.4. The number of carbonyl (C=O) groups is 1. The molecule has 0 spiro atoms. The topological polar surface area (TPSA) is 50.4 Å². The molecule has 0 bridgehead atoms. The lowest BCUT2D eigenvalue weighted by atomic mass is 9.87. The van der Waals surface area contributed by atoms with E-state index in [0.29, 0.717) is 6.04 Å². The van der Waals surface area contributed by atoms with Gasteiger partial charge >= 0.3 is 0 Å². The van der Waals surface area contributed by atoms with Crippen LogP contribution in [0.1, 0.15) is 32.6 Å². The van der Waals surface area contributed by atoms with Gasteiger partial charge in [0.1, 0.15) is 6.61 Å². The van der Waals surface area contributed by atoms with Crippen LogP contribution in [0.4, 0.5) is 11.4 Å². The summed E-state index contributed by atoms with van der Waals surface area (Å²) in [6.07, 6.45) is 5.15. The Kier molecular flexibility index (Phi) is 5.41. The number of ether oxygens (including phenoxy) is 1. The van der Waals surface area contributed by atoms with Crippen LogP contribution < -0.4 is 10.6 Å². The molecule has 1 fully saturated rings. The van der Waals surface area contributed by atoms with Crippen molar-refractivity contribution in [2.75, 3.05) is 24.4 Å². The summed E-state index contributed by atoms with van der Waals surface area (Å²) in [6.45, 7) is 2.40. The first-order chi connectivity index (χ1) is 9.67. The zero-order valence-corrected chi connectivity index (χ0v) is 12.3. The molecule has 2 N–H and O–H groups in total. The van der Waals surface area contributed by atoms with Gasteiger partial charge in [0.2, 0.25) is 5.91 Å². The SMILES string of the molecule is COCC(=O)Nc1ccc(NC2CCCC(C)C2)cc1. The highest BCUT2D eigenvalue weighted by Gasteiger charge is 2.18. The molecule has 4 heteroatoms. The van der Waals surface area contributed by atoms with Gasteiger partial charge in [-0.25, -0.2) is 0 Å². The van der Waals surface area contributed by atoms with Gasteiger partial charge in [0.25, 0.3) is 0 Å². The van der Waals surface area contributed by atoms with E-state index in [1.54, 1.807) is 0 Å². The minimum absolute atomic E-state index is 0.0833. The lowest BCUT2D eigenvalue weighted by Gasteiger charge is -2.28. The van der Waals surface area contributed by atoms with Crippen molar-refractivity contribution in [3.63, 3.8) is 0 Å². The Morgan fingerprint density at radius 3 is 2.60 bits per heavy atom. The van der Waals surface area contributed by atoms with Gasteiger partial charge in [0.15, 0.2) is 0 Å². The van der Waals surface area contributed by atoms with Crippen molar-refractivity contribution < 1.29 is 9.53 Å². The Morgan fingerprint density at radius 2 is 1.95 bits per heavy atom. The lowest BCUT2D eigenvalue weighted by Crippen LogP contribution is -2.26. The second-order valence-corrected chi connectivity index (χ2v) is 5.67. The number of nitrogens with one attached hydrogen (secondary N) is 2. The molecule has 2 unspecified atom stereocenters. The standard InChI is InChI=1S/C16H24N2O2/c1-12-4-3-5-15(10-12)17-13-6-8-14(9-7-13)18-16(19)11-20-2/h6-9,12,15,17H,3-5,10-11H2,1-2H3,(H,18,19). The minimum Gasteiger partial charge on any atom is -0.382 e. The predicted molar refractivity (Wildman–Crippen MR) is 82.0 cm³/mol. The first kappa shape index (κ1) is 14.9. The van der Waals surface area contributed by atoms with E-state index in [4.69, 9.17) is 4.74 Å². The molecule has 0 heterocycles. The molecule has 1 aliphatic carbocycles. The molecule has 0 saturated heterocycles. The van der Waals surface area contributed by atoms with Crippen molar-refractivity contribution in [1.82, 2.24) is 0 Å². The van der Waals surface area contributed by atoms with Crippen molar-refractivity contribution in [3.05, 3.63) is 24.3 Å². The zero-order valence-electron chi connectivity index (χ0n) is 12.3. The van der Waals surface area contributed by atoms with E-state index in [1.807, 2.05) is 24.3 Å². The monoisotopic (exact) mass is 276 g/mol. The highest BCUT2D eigenvalue weighted by molar-refractivity contribution is 5.91. The maximum absolute atomic E-state index is 11.4. The van der Waals surface area contributed by atoms with Gasteiger partial charge in [-0.3, -0.25) is 4.79 Å². The molecule has 0 radical (unpaired) electrons. The molecule has 1 amide bonds. The number of carbonyl (C=O) groups excluding carboxylic acids is 1. The molecule has 1 aromatic carbocycles. The second kappa shape index (κ2) is 7.29. The fourth-order valence-corrected chi connectivity index (χ4v) is 2.78. The molecule has 1 aliphatic rings. The summed E-state index contributed by atoms with van der Waals surface area (Å²) in [6, 6.07) is 8.45. The van der Waals surface area contributed by atoms with Crippen LogP contribution in [0, 0.1) is 5.92 Å². The number of anilines is 2. The van der Waals surface area contributed by atoms with Crippen LogP contribution in [0.2, 0.25) is 0 Å². The number of amides is 1. The van der Waals surface area contributed by atoms with Gasteiger partial charge < -0.3 is 15.4 Å². The zero-order chi connectivity index (χ0) is 14.4. The third-order valence-electron chi connectivity index (χ3n) is 3.75. The van der Waals surface area contributed by atoms with Crippen molar-refractivity contribution >= 4 is 17.3 Å². The number of hydrogen-bond donors (Lipinski definition) is 2. The average molecular weight is 276 g/mol. The molecule has 20 heavy (non-hydrogen) atoms. The molecular formula is C16H24N2O2. The molecular weight excluding hydrogens is 252 g/mol. The van der Waals surface area contributed by atoms with E-state index >= 15 is 0 Å². The lowest BCUT2D eigenvalue weighted by molar-refractivity contribution is -0.119. The second-order valence-electron chi connectivity index (χ2n) is 5.67. The van der Waals surface area contributed by atoms with Crippen molar-refractivity contribution in [1.29, 1.82) is 0 Å². The van der Waals surface area contributed by atoms with Gasteiger partial charge in [0, 0.05) is 24.5 Å². The Bertz CT molecular complexity index is 431. The van der Waals surface area contributed by atoms with E-state index in [2.05, 4.69) is 17.6 Å². The predicted octanol–water partition coefficient (Wildman–Crippen LogP) is 3.26. The number of hydrogen-bond acceptors (Lipinski definition) is 3. The molecule has 1 saturated carbocycles. The Balaban J connectivity index is 1.86. The summed E-state index contributed by atoms with van der Waals surface area (Å²) in [5.74, 6) is 0.683. The fraction of sp³-hybridized carbons (Fsp3) is 0.562. The molecule has 1 aromatic rings. The van der Waals surface area contributed by atoms with Crippen molar-refractivity contribution in [2.45, 2.75) is 38.6 Å². The molecule has 2 atom stereocenters. The normalized spacial score (nSPS) is 22.3. The summed E-state index contributed by atoms with van der Waals surface area (Å²) >= 11 is 0. The van der Waals surface area contributed by atoms with Crippen LogP contribution in [0.25, 0.3) is 0 Å².